The van der Waals surface area contributed by atoms with Crippen molar-refractivity contribution in [1.82, 2.24) is 8.96 Å². The molecule has 10 heteroatoms. The van der Waals surface area contributed by atoms with Crippen LogP contribution < -0.4 is 5.32 Å². The zero-order valence-corrected chi connectivity index (χ0v) is 16.4. The maximum Gasteiger partial charge on any atom is 0.311 e. The van der Waals surface area contributed by atoms with Crippen LogP contribution in [0.1, 0.15) is 12.8 Å². The molecule has 0 radical (unpaired) electrons. The van der Waals surface area contributed by atoms with E-state index in [1.54, 1.807) is 24.3 Å². The van der Waals surface area contributed by atoms with Crippen molar-refractivity contribution in [2.75, 3.05) is 16.8 Å². The van der Waals surface area contributed by atoms with E-state index in [1.165, 1.54) is 18.3 Å². The topological polar surface area (TPSA) is 107 Å². The molecule has 1 aliphatic rings. The second-order valence-corrected chi connectivity index (χ2v) is 9.51. The van der Waals surface area contributed by atoms with Crippen molar-refractivity contribution in [1.29, 1.82) is 0 Å². The summed E-state index contributed by atoms with van der Waals surface area (Å²) in [7, 11) is -3.85. The molecule has 3 heterocycles. The summed E-state index contributed by atoms with van der Waals surface area (Å²) in [6, 6.07) is 9.71. The van der Waals surface area contributed by atoms with Crippen LogP contribution in [0.25, 0.3) is 11.0 Å². The lowest BCUT2D eigenvalue weighted by atomic mass is 10.1. The number of hydrogen-bond donors (Lipinski definition) is 1. The molecule has 1 saturated heterocycles. The summed E-state index contributed by atoms with van der Waals surface area (Å²) in [5, 5.41) is 15.2. The molecule has 0 atom stereocenters. The van der Waals surface area contributed by atoms with E-state index < -0.39 is 14.9 Å². The fourth-order valence-corrected chi connectivity index (χ4v) is 5.72. The van der Waals surface area contributed by atoms with Crippen LogP contribution in [0.5, 0.6) is 0 Å². The number of thioether (sulfide) groups is 1. The monoisotopic (exact) mass is 418 g/mol. The highest BCUT2D eigenvalue weighted by Crippen LogP contribution is 2.35. The Hall–Kier alpha value is -2.59. The Morgan fingerprint density at radius 3 is 2.57 bits per heavy atom. The zero-order chi connectivity index (χ0) is 19.7. The molecule has 0 aliphatic carbocycles. The maximum atomic E-state index is 13.0. The minimum absolute atomic E-state index is 0.111. The molecule has 1 N–H and O–H groups in total. The van der Waals surface area contributed by atoms with Gasteiger partial charge in [0.2, 0.25) is 0 Å². The standard InChI is InChI=1S/C18H18N4O4S2/c23-22(24)16-12-19-18-15(17(16)20-13-7-10-27-11-8-13)6-9-21(18)28(25,26)14-4-2-1-3-5-14/h1-6,9,12-13H,7-8,10-11H2,(H,19,20). The molecule has 4 rings (SSSR count). The van der Waals surface area contributed by atoms with Crippen molar-refractivity contribution in [3.63, 3.8) is 0 Å². The van der Waals surface area contributed by atoms with Crippen LogP contribution >= 0.6 is 11.8 Å². The normalized spacial score (nSPS) is 15.6. The molecule has 0 amide bonds. The quantitative estimate of drug-likeness (QED) is 0.499. The number of fused-ring (bicyclic) bond motifs is 1. The molecule has 0 saturated carbocycles. The van der Waals surface area contributed by atoms with Gasteiger partial charge < -0.3 is 5.32 Å². The van der Waals surface area contributed by atoms with Crippen LogP contribution in [0.3, 0.4) is 0 Å². The fourth-order valence-electron chi connectivity index (χ4n) is 3.29. The lowest BCUT2D eigenvalue weighted by molar-refractivity contribution is -0.384. The molecule has 1 fully saturated rings. The van der Waals surface area contributed by atoms with Gasteiger partial charge in [0.25, 0.3) is 10.0 Å². The van der Waals surface area contributed by atoms with Gasteiger partial charge in [-0.3, -0.25) is 10.1 Å². The molecule has 28 heavy (non-hydrogen) atoms. The molecule has 3 aromatic rings. The van der Waals surface area contributed by atoms with Crippen LogP contribution in [-0.2, 0) is 10.0 Å². The molecular weight excluding hydrogens is 400 g/mol. The molecular formula is C18H18N4O4S2. The summed E-state index contributed by atoms with van der Waals surface area (Å²) in [5.41, 5.74) is 0.344. The number of nitrogens with one attached hydrogen (secondary N) is 1. The lowest BCUT2D eigenvalue weighted by Crippen LogP contribution is -2.25. The smallest absolute Gasteiger partial charge is 0.311 e. The summed E-state index contributed by atoms with van der Waals surface area (Å²) in [6.45, 7) is 0. The Balaban J connectivity index is 1.84. The van der Waals surface area contributed by atoms with E-state index in [9.17, 15) is 18.5 Å². The van der Waals surface area contributed by atoms with E-state index in [0.717, 1.165) is 34.5 Å². The predicted molar refractivity (Wildman–Crippen MR) is 109 cm³/mol. The highest BCUT2D eigenvalue weighted by atomic mass is 32.2. The minimum atomic E-state index is -3.85. The number of nitrogens with zero attached hydrogens (tertiary/aromatic N) is 3. The van der Waals surface area contributed by atoms with Gasteiger partial charge in [0.05, 0.1) is 15.2 Å². The molecule has 1 aromatic carbocycles. The third kappa shape index (κ3) is 3.33. The average molecular weight is 419 g/mol. The second kappa shape index (κ2) is 7.44. The third-order valence-electron chi connectivity index (χ3n) is 4.73. The molecule has 8 nitrogen and oxygen atoms in total. The molecule has 0 unspecified atom stereocenters. The Morgan fingerprint density at radius 1 is 1.18 bits per heavy atom. The van der Waals surface area contributed by atoms with Gasteiger partial charge in [-0.05, 0) is 42.5 Å². The number of anilines is 1. The first kappa shape index (κ1) is 18.8. The zero-order valence-electron chi connectivity index (χ0n) is 14.8. The molecule has 2 aromatic heterocycles. The van der Waals surface area contributed by atoms with Crippen LogP contribution in [0.4, 0.5) is 11.4 Å². The first-order valence-electron chi connectivity index (χ1n) is 8.78. The van der Waals surface area contributed by atoms with Crippen molar-refractivity contribution in [3.05, 3.63) is 58.9 Å². The van der Waals surface area contributed by atoms with E-state index in [2.05, 4.69) is 10.3 Å². The first-order valence-corrected chi connectivity index (χ1v) is 11.4. The second-order valence-electron chi connectivity index (χ2n) is 6.47. The van der Waals surface area contributed by atoms with Gasteiger partial charge in [-0.1, -0.05) is 18.2 Å². The average Bonchev–Trinajstić information content (AvgIpc) is 3.15. The van der Waals surface area contributed by atoms with Gasteiger partial charge in [-0.25, -0.2) is 17.4 Å². The van der Waals surface area contributed by atoms with Gasteiger partial charge in [0.15, 0.2) is 5.65 Å². The van der Waals surface area contributed by atoms with Crippen LogP contribution in [0, 0.1) is 10.1 Å². The Bertz CT molecular complexity index is 1120. The lowest BCUT2D eigenvalue weighted by Gasteiger charge is -2.23. The van der Waals surface area contributed by atoms with Crippen LogP contribution in [0.15, 0.2) is 53.7 Å². The van der Waals surface area contributed by atoms with Gasteiger partial charge >= 0.3 is 5.69 Å². The van der Waals surface area contributed by atoms with E-state index in [-0.39, 0.29) is 22.3 Å². The number of nitro groups is 1. The number of rotatable bonds is 5. The summed E-state index contributed by atoms with van der Waals surface area (Å²) in [4.78, 5) is 15.3. The molecule has 0 bridgehead atoms. The maximum absolute atomic E-state index is 13.0. The Kier molecular flexibility index (Phi) is 4.98. The Labute approximate surface area is 166 Å². The van der Waals surface area contributed by atoms with Crippen molar-refractivity contribution in [2.45, 2.75) is 23.8 Å². The van der Waals surface area contributed by atoms with E-state index >= 15 is 0 Å². The Morgan fingerprint density at radius 2 is 1.89 bits per heavy atom. The summed E-state index contributed by atoms with van der Waals surface area (Å²) < 4.78 is 27.1. The number of benzene rings is 1. The van der Waals surface area contributed by atoms with Crippen molar-refractivity contribution in [3.8, 4) is 0 Å². The summed E-state index contributed by atoms with van der Waals surface area (Å²) >= 11 is 1.86. The van der Waals surface area contributed by atoms with Crippen LogP contribution in [-0.4, -0.2) is 39.8 Å². The highest BCUT2D eigenvalue weighted by Gasteiger charge is 2.26. The summed E-state index contributed by atoms with van der Waals surface area (Å²) in [6.07, 6.45) is 4.31. The highest BCUT2D eigenvalue weighted by molar-refractivity contribution is 7.99. The fraction of sp³-hybridized carbons (Fsp3) is 0.278. The number of hydrogen-bond acceptors (Lipinski definition) is 7. The van der Waals surface area contributed by atoms with E-state index in [1.807, 2.05) is 11.8 Å². The molecule has 0 spiro atoms. The number of aromatic nitrogens is 2. The molecule has 146 valence electrons. The number of pyridine rings is 1. The van der Waals surface area contributed by atoms with Crippen molar-refractivity contribution < 1.29 is 13.3 Å². The first-order chi connectivity index (χ1) is 13.5. The SMILES string of the molecule is O=[N+]([O-])c1cnc2c(ccn2S(=O)(=O)c2ccccc2)c1NC1CCSCC1. The van der Waals surface area contributed by atoms with Gasteiger partial charge in [-0.2, -0.15) is 11.8 Å². The van der Waals surface area contributed by atoms with Gasteiger partial charge in [0.1, 0.15) is 11.9 Å². The minimum Gasteiger partial charge on any atom is -0.376 e. The third-order valence-corrected chi connectivity index (χ3v) is 7.46. The van der Waals surface area contributed by atoms with Gasteiger partial charge in [-0.15, -0.1) is 0 Å². The van der Waals surface area contributed by atoms with Gasteiger partial charge in [0, 0.05) is 12.2 Å². The van der Waals surface area contributed by atoms with E-state index in [4.69, 9.17) is 0 Å². The predicted octanol–water partition coefficient (Wildman–Crippen LogP) is 3.49. The van der Waals surface area contributed by atoms with E-state index in [0.29, 0.717) is 11.1 Å². The van der Waals surface area contributed by atoms with Crippen molar-refractivity contribution in [2.24, 2.45) is 0 Å². The summed E-state index contributed by atoms with van der Waals surface area (Å²) in [5.74, 6) is 1.98. The van der Waals surface area contributed by atoms with Crippen molar-refractivity contribution >= 4 is 44.2 Å². The van der Waals surface area contributed by atoms with Crippen LogP contribution in [0.2, 0.25) is 0 Å². The molecule has 1 aliphatic heterocycles. The largest absolute Gasteiger partial charge is 0.376 e.